The van der Waals surface area contributed by atoms with Gasteiger partial charge in [-0.1, -0.05) is 11.6 Å². The molecule has 0 radical (unpaired) electrons. The van der Waals surface area contributed by atoms with E-state index in [1.165, 1.54) is 27.7 Å². The molecule has 0 bridgehead atoms. The molecule has 11 heteroatoms. The lowest BCUT2D eigenvalue weighted by Gasteiger charge is -2.34. The molecule has 2 aromatic carbocycles. The lowest BCUT2D eigenvalue weighted by molar-refractivity contribution is -0.137. The summed E-state index contributed by atoms with van der Waals surface area (Å²) in [4.78, 5) is 33.7. The normalized spacial score (nSPS) is 14.5. The number of amides is 2. The summed E-state index contributed by atoms with van der Waals surface area (Å²) < 4.78 is 40.6. The Morgan fingerprint density at radius 1 is 1.08 bits per heavy atom. The van der Waals surface area contributed by atoms with E-state index in [-0.39, 0.29) is 17.8 Å². The standard InChI is InChI=1S/C26H27ClF3N5O2/c1-16-14-18(27)6-9-21(16)24-32-22(34-12-10-19(11-13-34)31-25(37)33(2)3)15-23(36)35(24)20-7-4-17(5-8-20)26(28,29)30/h4-9,14-15,19H,10-13H2,1-3H3,(H,31,37). The van der Waals surface area contributed by atoms with Crippen LogP contribution in [0.4, 0.5) is 23.8 Å². The molecule has 0 unspecified atom stereocenters. The fourth-order valence-electron chi connectivity index (χ4n) is 4.30. The van der Waals surface area contributed by atoms with Gasteiger partial charge in [0.1, 0.15) is 11.6 Å². The van der Waals surface area contributed by atoms with E-state index in [2.05, 4.69) is 5.32 Å². The highest BCUT2D eigenvalue weighted by molar-refractivity contribution is 6.30. The third-order valence-corrected chi connectivity index (χ3v) is 6.58. The van der Waals surface area contributed by atoms with Crippen molar-refractivity contribution in [1.82, 2.24) is 19.8 Å². The number of rotatable bonds is 4. The van der Waals surface area contributed by atoms with E-state index in [9.17, 15) is 22.8 Å². The molecule has 1 aliphatic heterocycles. The van der Waals surface area contributed by atoms with Gasteiger partial charge in [-0.3, -0.25) is 9.36 Å². The number of halogens is 4. The minimum absolute atomic E-state index is 0.0108. The SMILES string of the molecule is Cc1cc(Cl)ccc1-c1nc(N2CCC(NC(=O)N(C)C)CC2)cc(=O)n1-c1ccc(C(F)(F)F)cc1. The maximum absolute atomic E-state index is 13.4. The fraction of sp³-hybridized carbons (Fsp3) is 0.346. The van der Waals surface area contributed by atoms with Crippen LogP contribution >= 0.6 is 11.6 Å². The number of piperidine rings is 1. The molecule has 1 saturated heterocycles. The summed E-state index contributed by atoms with van der Waals surface area (Å²) in [5, 5.41) is 3.50. The number of benzene rings is 2. The molecule has 37 heavy (non-hydrogen) atoms. The molecule has 4 rings (SSSR count). The van der Waals surface area contributed by atoms with Gasteiger partial charge >= 0.3 is 12.2 Å². The number of carbonyl (C=O) groups excluding carboxylic acids is 1. The molecule has 2 amide bonds. The highest BCUT2D eigenvalue weighted by atomic mass is 35.5. The monoisotopic (exact) mass is 533 g/mol. The summed E-state index contributed by atoms with van der Waals surface area (Å²) in [5.74, 6) is 0.773. The van der Waals surface area contributed by atoms with Gasteiger partial charge in [0, 0.05) is 49.9 Å². The zero-order valence-corrected chi connectivity index (χ0v) is 21.4. The molecular formula is C26H27ClF3N5O2. The van der Waals surface area contributed by atoms with E-state index < -0.39 is 17.3 Å². The Bertz CT molecular complexity index is 1350. The van der Waals surface area contributed by atoms with Crippen LogP contribution in [0.2, 0.25) is 5.02 Å². The number of alkyl halides is 3. The van der Waals surface area contributed by atoms with Crippen LogP contribution in [0.1, 0.15) is 24.0 Å². The second-order valence-electron chi connectivity index (χ2n) is 9.22. The number of carbonyl (C=O) groups is 1. The topological polar surface area (TPSA) is 70.5 Å². The Morgan fingerprint density at radius 2 is 1.73 bits per heavy atom. The van der Waals surface area contributed by atoms with Crippen molar-refractivity contribution in [3.05, 3.63) is 75.0 Å². The highest BCUT2D eigenvalue weighted by Gasteiger charge is 2.30. The van der Waals surface area contributed by atoms with Crippen molar-refractivity contribution in [3.63, 3.8) is 0 Å². The van der Waals surface area contributed by atoms with Gasteiger partial charge in [0.25, 0.3) is 5.56 Å². The molecular weight excluding hydrogens is 507 g/mol. The summed E-state index contributed by atoms with van der Waals surface area (Å²) >= 11 is 6.14. The van der Waals surface area contributed by atoms with Crippen molar-refractivity contribution in [2.75, 3.05) is 32.1 Å². The van der Waals surface area contributed by atoms with Crippen LogP contribution in [0.3, 0.4) is 0 Å². The molecule has 0 aliphatic carbocycles. The number of hydrogen-bond donors (Lipinski definition) is 1. The average molecular weight is 534 g/mol. The van der Waals surface area contributed by atoms with Crippen molar-refractivity contribution in [2.24, 2.45) is 0 Å². The molecule has 1 aromatic heterocycles. The molecule has 3 aromatic rings. The molecule has 7 nitrogen and oxygen atoms in total. The summed E-state index contributed by atoms with van der Waals surface area (Å²) in [6.45, 7) is 2.98. The molecule has 0 atom stereocenters. The first-order valence-electron chi connectivity index (χ1n) is 11.7. The van der Waals surface area contributed by atoms with Crippen LogP contribution in [0.5, 0.6) is 0 Å². The average Bonchev–Trinajstić information content (AvgIpc) is 2.83. The number of anilines is 1. The van der Waals surface area contributed by atoms with Gasteiger partial charge in [-0.25, -0.2) is 9.78 Å². The van der Waals surface area contributed by atoms with Crippen LogP contribution in [0, 0.1) is 6.92 Å². The molecule has 196 valence electrons. The number of aryl methyl sites for hydroxylation is 1. The van der Waals surface area contributed by atoms with Crippen LogP contribution in [-0.2, 0) is 6.18 Å². The smallest absolute Gasteiger partial charge is 0.356 e. The van der Waals surface area contributed by atoms with Gasteiger partial charge < -0.3 is 15.1 Å². The first-order chi connectivity index (χ1) is 17.4. The van der Waals surface area contributed by atoms with E-state index in [1.807, 2.05) is 11.8 Å². The quantitative estimate of drug-likeness (QED) is 0.505. The zero-order valence-electron chi connectivity index (χ0n) is 20.6. The van der Waals surface area contributed by atoms with Gasteiger partial charge in [-0.05, 0) is 67.8 Å². The molecule has 1 aliphatic rings. The van der Waals surface area contributed by atoms with Crippen LogP contribution in [0.25, 0.3) is 17.1 Å². The van der Waals surface area contributed by atoms with E-state index in [4.69, 9.17) is 16.6 Å². The lowest BCUT2D eigenvalue weighted by atomic mass is 10.0. The van der Waals surface area contributed by atoms with Crippen molar-refractivity contribution in [3.8, 4) is 17.1 Å². The highest BCUT2D eigenvalue weighted by Crippen LogP contribution is 2.31. The number of urea groups is 1. The molecule has 0 saturated carbocycles. The third kappa shape index (κ3) is 5.90. The lowest BCUT2D eigenvalue weighted by Crippen LogP contribution is -2.48. The Kier molecular flexibility index (Phi) is 7.49. The fourth-order valence-corrected chi connectivity index (χ4v) is 4.52. The van der Waals surface area contributed by atoms with Gasteiger partial charge in [0.15, 0.2) is 0 Å². The van der Waals surface area contributed by atoms with E-state index in [1.54, 1.807) is 32.3 Å². The Labute approximate surface area is 217 Å². The minimum Gasteiger partial charge on any atom is -0.356 e. The van der Waals surface area contributed by atoms with Gasteiger partial charge in [0.05, 0.1) is 11.3 Å². The van der Waals surface area contributed by atoms with Gasteiger partial charge in [0.2, 0.25) is 0 Å². The second kappa shape index (κ2) is 10.5. The third-order valence-electron chi connectivity index (χ3n) is 6.34. The van der Waals surface area contributed by atoms with E-state index in [0.29, 0.717) is 48.2 Å². The largest absolute Gasteiger partial charge is 0.416 e. The number of aromatic nitrogens is 2. The second-order valence-corrected chi connectivity index (χ2v) is 9.66. The molecule has 2 heterocycles. The summed E-state index contributed by atoms with van der Waals surface area (Å²) in [6.07, 6.45) is -3.13. The maximum Gasteiger partial charge on any atom is 0.416 e. The van der Waals surface area contributed by atoms with Crippen molar-refractivity contribution < 1.29 is 18.0 Å². The summed E-state index contributed by atoms with van der Waals surface area (Å²) in [5.41, 5.74) is 0.449. The number of nitrogens with one attached hydrogen (secondary N) is 1. The zero-order chi connectivity index (χ0) is 26.9. The van der Waals surface area contributed by atoms with Crippen LogP contribution in [-0.4, -0.2) is 53.7 Å². The molecule has 1 fully saturated rings. The summed E-state index contributed by atoms with van der Waals surface area (Å²) in [7, 11) is 3.36. The Balaban J connectivity index is 1.72. The first kappa shape index (κ1) is 26.5. The van der Waals surface area contributed by atoms with Gasteiger partial charge in [-0.15, -0.1) is 0 Å². The van der Waals surface area contributed by atoms with Crippen molar-refractivity contribution >= 4 is 23.4 Å². The molecule has 0 spiro atoms. The first-order valence-corrected chi connectivity index (χ1v) is 12.1. The van der Waals surface area contributed by atoms with Crippen molar-refractivity contribution in [2.45, 2.75) is 32.0 Å². The minimum atomic E-state index is -4.49. The predicted molar refractivity (Wildman–Crippen MR) is 137 cm³/mol. The number of hydrogen-bond acceptors (Lipinski definition) is 4. The Hall–Kier alpha value is -3.53. The van der Waals surface area contributed by atoms with Crippen LogP contribution in [0.15, 0.2) is 53.3 Å². The Morgan fingerprint density at radius 3 is 2.30 bits per heavy atom. The maximum atomic E-state index is 13.4. The number of nitrogens with zero attached hydrogens (tertiary/aromatic N) is 4. The van der Waals surface area contributed by atoms with Gasteiger partial charge in [-0.2, -0.15) is 13.2 Å². The van der Waals surface area contributed by atoms with Crippen molar-refractivity contribution in [1.29, 1.82) is 0 Å². The summed E-state index contributed by atoms with van der Waals surface area (Å²) in [6, 6.07) is 10.8. The molecule has 1 N–H and O–H groups in total. The van der Waals surface area contributed by atoms with E-state index >= 15 is 0 Å². The van der Waals surface area contributed by atoms with Crippen LogP contribution < -0.4 is 15.8 Å². The predicted octanol–water partition coefficient (Wildman–Crippen LogP) is 5.12. The van der Waals surface area contributed by atoms with E-state index in [0.717, 1.165) is 17.7 Å².